The lowest BCUT2D eigenvalue weighted by Gasteiger charge is -2.42. The Balaban J connectivity index is 1.70. The second-order valence-electron chi connectivity index (χ2n) is 9.03. The van der Waals surface area contributed by atoms with E-state index >= 15 is 0 Å². The standard InChI is InChI=1S/C27H24F6N2O2/c1-2-24(36)34-9-10-35(23(16-34)12-17-7-8-18-5-3-4-6-19(18)11-17)25(37)20-13-21(26(28,29)30)15-22(14-20)27(31,32)33/h3-8,11,13-15,23H,2,9-10,12,16H2,1H3. The fraction of sp³-hybridized carbons (Fsp3) is 0.333. The molecule has 4 rings (SSSR count). The molecule has 37 heavy (non-hydrogen) atoms. The molecular formula is C27H24F6N2O2. The van der Waals surface area contributed by atoms with E-state index < -0.39 is 41.0 Å². The lowest BCUT2D eigenvalue weighted by molar-refractivity contribution is -0.143. The first kappa shape index (κ1) is 26.5. The van der Waals surface area contributed by atoms with Gasteiger partial charge in [0, 0.05) is 31.6 Å². The molecule has 3 aromatic rings. The third-order valence-electron chi connectivity index (χ3n) is 6.52. The van der Waals surface area contributed by atoms with E-state index in [2.05, 4.69) is 0 Å². The number of rotatable bonds is 4. The largest absolute Gasteiger partial charge is 0.416 e. The molecule has 0 aliphatic carbocycles. The van der Waals surface area contributed by atoms with Gasteiger partial charge < -0.3 is 9.80 Å². The van der Waals surface area contributed by atoms with Crippen LogP contribution in [0.2, 0.25) is 0 Å². The lowest BCUT2D eigenvalue weighted by Crippen LogP contribution is -2.57. The maximum Gasteiger partial charge on any atom is 0.416 e. The predicted molar refractivity (Wildman–Crippen MR) is 126 cm³/mol. The van der Waals surface area contributed by atoms with Gasteiger partial charge in [-0.25, -0.2) is 0 Å². The summed E-state index contributed by atoms with van der Waals surface area (Å²) in [4.78, 5) is 28.6. The molecule has 1 aliphatic rings. The maximum atomic E-state index is 13.4. The number of halogens is 6. The zero-order valence-corrected chi connectivity index (χ0v) is 19.9. The Kier molecular flexibility index (Phi) is 7.21. The molecule has 2 amide bonds. The van der Waals surface area contributed by atoms with Crippen LogP contribution in [0.5, 0.6) is 0 Å². The topological polar surface area (TPSA) is 40.6 Å². The number of carbonyl (C=O) groups is 2. The SMILES string of the molecule is CCC(=O)N1CCN(C(=O)c2cc(C(F)(F)F)cc(C(F)(F)F)c2)C(Cc2ccc3ccccc3c2)C1. The molecule has 0 N–H and O–H groups in total. The summed E-state index contributed by atoms with van der Waals surface area (Å²) in [5.41, 5.74) is -2.96. The van der Waals surface area contributed by atoms with Crippen molar-refractivity contribution in [3.05, 3.63) is 82.9 Å². The summed E-state index contributed by atoms with van der Waals surface area (Å²) < 4.78 is 80.3. The highest BCUT2D eigenvalue weighted by Gasteiger charge is 2.39. The Labute approximate surface area is 209 Å². The minimum Gasteiger partial charge on any atom is -0.339 e. The first-order valence-corrected chi connectivity index (χ1v) is 11.7. The number of piperazine rings is 1. The molecule has 1 heterocycles. The normalized spacial score (nSPS) is 16.8. The number of amides is 2. The van der Waals surface area contributed by atoms with Crippen LogP contribution >= 0.6 is 0 Å². The first-order chi connectivity index (χ1) is 17.4. The van der Waals surface area contributed by atoms with Crippen LogP contribution < -0.4 is 0 Å². The number of alkyl halides is 6. The van der Waals surface area contributed by atoms with Crippen LogP contribution in [-0.2, 0) is 23.6 Å². The number of hydrogen-bond donors (Lipinski definition) is 0. The molecule has 1 saturated heterocycles. The average Bonchev–Trinajstić information content (AvgIpc) is 2.86. The summed E-state index contributed by atoms with van der Waals surface area (Å²) in [7, 11) is 0. The fourth-order valence-electron chi connectivity index (χ4n) is 4.63. The summed E-state index contributed by atoms with van der Waals surface area (Å²) in [6.45, 7) is 1.94. The highest BCUT2D eigenvalue weighted by molar-refractivity contribution is 5.95. The summed E-state index contributed by atoms with van der Waals surface area (Å²) in [5, 5.41) is 1.94. The van der Waals surface area contributed by atoms with Gasteiger partial charge in [0.15, 0.2) is 0 Å². The Morgan fingerprint density at radius 2 is 1.46 bits per heavy atom. The molecule has 4 nitrogen and oxygen atoms in total. The van der Waals surface area contributed by atoms with Crippen LogP contribution in [0.4, 0.5) is 26.3 Å². The van der Waals surface area contributed by atoms with Crippen LogP contribution in [-0.4, -0.2) is 47.3 Å². The van der Waals surface area contributed by atoms with Gasteiger partial charge in [-0.15, -0.1) is 0 Å². The van der Waals surface area contributed by atoms with E-state index in [9.17, 15) is 35.9 Å². The lowest BCUT2D eigenvalue weighted by atomic mass is 9.97. The Morgan fingerprint density at radius 3 is 2.05 bits per heavy atom. The molecular weight excluding hydrogens is 498 g/mol. The number of hydrogen-bond acceptors (Lipinski definition) is 2. The van der Waals surface area contributed by atoms with E-state index in [1.807, 2.05) is 42.5 Å². The van der Waals surface area contributed by atoms with Crippen LogP contribution in [0.15, 0.2) is 60.7 Å². The molecule has 0 aromatic heterocycles. The number of benzene rings is 3. The highest BCUT2D eigenvalue weighted by Crippen LogP contribution is 2.37. The van der Waals surface area contributed by atoms with Crippen molar-refractivity contribution in [1.82, 2.24) is 9.80 Å². The van der Waals surface area contributed by atoms with Crippen LogP contribution in [0.3, 0.4) is 0 Å². The van der Waals surface area contributed by atoms with Gasteiger partial charge in [-0.3, -0.25) is 9.59 Å². The van der Waals surface area contributed by atoms with Crippen molar-refractivity contribution in [3.8, 4) is 0 Å². The van der Waals surface area contributed by atoms with E-state index in [4.69, 9.17) is 0 Å². The van der Waals surface area contributed by atoms with Gasteiger partial charge in [0.25, 0.3) is 5.91 Å². The third-order valence-corrected chi connectivity index (χ3v) is 6.52. The average molecular weight is 522 g/mol. The fourth-order valence-corrected chi connectivity index (χ4v) is 4.63. The predicted octanol–water partition coefficient (Wildman–Crippen LogP) is 6.18. The summed E-state index contributed by atoms with van der Waals surface area (Å²) in [5.74, 6) is -1.08. The van der Waals surface area contributed by atoms with E-state index in [1.54, 1.807) is 11.8 Å². The molecule has 0 bridgehead atoms. The molecule has 0 spiro atoms. The smallest absolute Gasteiger partial charge is 0.339 e. The van der Waals surface area contributed by atoms with E-state index in [0.717, 1.165) is 16.3 Å². The molecule has 1 unspecified atom stereocenters. The molecule has 3 aromatic carbocycles. The quantitative estimate of drug-likeness (QED) is 0.384. The maximum absolute atomic E-state index is 13.4. The van der Waals surface area contributed by atoms with E-state index in [1.165, 1.54) is 4.90 Å². The molecule has 196 valence electrons. The van der Waals surface area contributed by atoms with Gasteiger partial charge >= 0.3 is 12.4 Å². The van der Waals surface area contributed by atoms with Crippen molar-refractivity contribution in [2.75, 3.05) is 19.6 Å². The van der Waals surface area contributed by atoms with E-state index in [-0.39, 0.29) is 44.4 Å². The number of nitrogens with zero attached hydrogens (tertiary/aromatic N) is 2. The van der Waals surface area contributed by atoms with Crippen molar-refractivity contribution in [2.45, 2.75) is 38.2 Å². The van der Waals surface area contributed by atoms with Gasteiger partial charge in [0.05, 0.1) is 17.2 Å². The van der Waals surface area contributed by atoms with Gasteiger partial charge in [0.1, 0.15) is 0 Å². The molecule has 1 atom stereocenters. The second-order valence-corrected chi connectivity index (χ2v) is 9.03. The molecule has 1 aliphatic heterocycles. The van der Waals surface area contributed by atoms with Gasteiger partial charge in [-0.2, -0.15) is 26.3 Å². The first-order valence-electron chi connectivity index (χ1n) is 11.7. The van der Waals surface area contributed by atoms with Crippen LogP contribution in [0.25, 0.3) is 10.8 Å². The number of fused-ring (bicyclic) bond motifs is 1. The molecule has 0 radical (unpaired) electrons. The molecule has 1 fully saturated rings. The minimum absolute atomic E-state index is 0.00119. The molecule has 0 saturated carbocycles. The van der Waals surface area contributed by atoms with Crippen LogP contribution in [0, 0.1) is 0 Å². The van der Waals surface area contributed by atoms with E-state index in [0.29, 0.717) is 12.1 Å². The second kappa shape index (κ2) is 10.1. The summed E-state index contributed by atoms with van der Waals surface area (Å²) >= 11 is 0. The summed E-state index contributed by atoms with van der Waals surface area (Å²) in [6.07, 6.45) is -9.62. The third kappa shape index (κ3) is 5.89. The van der Waals surface area contributed by atoms with Crippen molar-refractivity contribution >= 4 is 22.6 Å². The van der Waals surface area contributed by atoms with Crippen molar-refractivity contribution in [1.29, 1.82) is 0 Å². The Bertz CT molecular complexity index is 1290. The Morgan fingerprint density at radius 1 is 0.838 bits per heavy atom. The van der Waals surface area contributed by atoms with Crippen molar-refractivity contribution < 1.29 is 35.9 Å². The van der Waals surface area contributed by atoms with Gasteiger partial charge in [0.2, 0.25) is 5.91 Å². The number of carbonyl (C=O) groups excluding carboxylic acids is 2. The van der Waals surface area contributed by atoms with Crippen molar-refractivity contribution in [2.24, 2.45) is 0 Å². The monoisotopic (exact) mass is 522 g/mol. The van der Waals surface area contributed by atoms with Crippen molar-refractivity contribution in [3.63, 3.8) is 0 Å². The highest BCUT2D eigenvalue weighted by atomic mass is 19.4. The van der Waals surface area contributed by atoms with Gasteiger partial charge in [-0.1, -0.05) is 49.4 Å². The summed E-state index contributed by atoms with van der Waals surface area (Å²) in [6, 6.07) is 13.6. The zero-order chi connectivity index (χ0) is 27.0. The minimum atomic E-state index is -5.06. The molecule has 10 heteroatoms. The Hall–Kier alpha value is -3.56. The van der Waals surface area contributed by atoms with Crippen LogP contribution in [0.1, 0.15) is 40.4 Å². The zero-order valence-electron chi connectivity index (χ0n) is 19.9. The van der Waals surface area contributed by atoms with Gasteiger partial charge in [-0.05, 0) is 41.0 Å².